The molecule has 3 aromatic rings. The van der Waals surface area contributed by atoms with Crippen LogP contribution in [0.5, 0.6) is 11.5 Å². The zero-order valence-electron chi connectivity index (χ0n) is 17.1. The number of hydrogen-bond acceptors (Lipinski definition) is 5. The van der Waals surface area contributed by atoms with Gasteiger partial charge >= 0.3 is 0 Å². The van der Waals surface area contributed by atoms with Crippen molar-refractivity contribution in [1.82, 2.24) is 0 Å². The predicted molar refractivity (Wildman–Crippen MR) is 125 cm³/mol. The molecule has 0 aromatic heterocycles. The summed E-state index contributed by atoms with van der Waals surface area (Å²) in [6, 6.07) is 22.3. The van der Waals surface area contributed by atoms with Gasteiger partial charge in [-0.05, 0) is 61.9 Å². The summed E-state index contributed by atoms with van der Waals surface area (Å²) in [5.74, 6) is 1.59. The van der Waals surface area contributed by atoms with Crippen molar-refractivity contribution < 1.29 is 17.9 Å². The molecule has 0 saturated carbocycles. The van der Waals surface area contributed by atoms with Gasteiger partial charge in [-0.25, -0.2) is 8.42 Å². The van der Waals surface area contributed by atoms with Crippen LogP contribution in [0.25, 0.3) is 0 Å². The maximum atomic E-state index is 12.9. The Bertz CT molecular complexity index is 1170. The summed E-state index contributed by atoms with van der Waals surface area (Å²) in [5.41, 5.74) is 2.36. The van der Waals surface area contributed by atoms with Gasteiger partial charge in [0.25, 0.3) is 5.91 Å². The molecule has 5 nitrogen and oxygen atoms in total. The van der Waals surface area contributed by atoms with E-state index in [4.69, 9.17) is 4.74 Å². The number of benzene rings is 3. The fraction of sp³-hybridized carbons (Fsp3) is 0.208. The van der Waals surface area contributed by atoms with E-state index in [0.29, 0.717) is 23.4 Å². The molecule has 0 spiro atoms. The monoisotopic (exact) mass is 453 g/mol. The van der Waals surface area contributed by atoms with E-state index in [2.05, 4.69) is 5.32 Å². The van der Waals surface area contributed by atoms with Crippen LogP contribution in [0.2, 0.25) is 0 Å². The Kier molecular flexibility index (Phi) is 6.34. The topological polar surface area (TPSA) is 72.5 Å². The van der Waals surface area contributed by atoms with E-state index in [1.165, 1.54) is 17.3 Å². The van der Waals surface area contributed by atoms with Crippen LogP contribution in [-0.4, -0.2) is 31.1 Å². The molecule has 160 valence electrons. The standard InChI is InChI=1S/C24H23NO4S2/c1-17-6-10-19(11-7-17)29-20-12-8-18(9-13-20)25-24(26)22-4-2-3-5-23(22)30-21-14-15-31(27,28)16-21/h2-13,21H,14-16H2,1H3,(H,25,26)/t21-/m1/s1. The van der Waals surface area contributed by atoms with E-state index in [1.807, 2.05) is 49.4 Å². The highest BCUT2D eigenvalue weighted by Gasteiger charge is 2.29. The van der Waals surface area contributed by atoms with E-state index < -0.39 is 9.84 Å². The molecule has 1 atom stereocenters. The third kappa shape index (κ3) is 5.68. The minimum Gasteiger partial charge on any atom is -0.457 e. The van der Waals surface area contributed by atoms with Gasteiger partial charge in [0.2, 0.25) is 0 Å². The van der Waals surface area contributed by atoms with E-state index in [-0.39, 0.29) is 22.7 Å². The highest BCUT2D eigenvalue weighted by Crippen LogP contribution is 2.33. The van der Waals surface area contributed by atoms with Crippen molar-refractivity contribution in [2.75, 3.05) is 16.8 Å². The van der Waals surface area contributed by atoms with E-state index in [1.54, 1.807) is 30.3 Å². The largest absolute Gasteiger partial charge is 0.457 e. The SMILES string of the molecule is Cc1ccc(Oc2ccc(NC(=O)c3ccccc3S[C@@H]3CCS(=O)(=O)C3)cc2)cc1. The van der Waals surface area contributed by atoms with Crippen LogP contribution in [0.1, 0.15) is 22.3 Å². The number of ether oxygens (including phenoxy) is 1. The molecule has 3 aromatic carbocycles. The lowest BCUT2D eigenvalue weighted by atomic mass is 10.2. The summed E-state index contributed by atoms with van der Waals surface area (Å²) >= 11 is 1.46. The molecule has 0 aliphatic carbocycles. The Morgan fingerprint density at radius 1 is 0.968 bits per heavy atom. The van der Waals surface area contributed by atoms with Crippen LogP contribution in [0.3, 0.4) is 0 Å². The Labute approximate surface area is 186 Å². The zero-order valence-corrected chi connectivity index (χ0v) is 18.7. The van der Waals surface area contributed by atoms with Crippen LogP contribution >= 0.6 is 11.8 Å². The van der Waals surface area contributed by atoms with Gasteiger partial charge in [-0.1, -0.05) is 29.8 Å². The van der Waals surface area contributed by atoms with Crippen molar-refractivity contribution >= 4 is 33.2 Å². The molecule has 1 heterocycles. The molecule has 1 aliphatic rings. The van der Waals surface area contributed by atoms with Gasteiger partial charge < -0.3 is 10.1 Å². The van der Waals surface area contributed by atoms with Gasteiger partial charge in [-0.3, -0.25) is 4.79 Å². The number of hydrogen-bond donors (Lipinski definition) is 1. The highest BCUT2D eigenvalue weighted by atomic mass is 32.2. The van der Waals surface area contributed by atoms with Gasteiger partial charge in [0.15, 0.2) is 9.84 Å². The maximum Gasteiger partial charge on any atom is 0.256 e. The normalized spacial score (nSPS) is 17.3. The molecule has 1 N–H and O–H groups in total. The first-order valence-corrected chi connectivity index (χ1v) is 12.7. The van der Waals surface area contributed by atoms with Crippen molar-refractivity contribution in [3.05, 3.63) is 83.9 Å². The smallest absolute Gasteiger partial charge is 0.256 e. The van der Waals surface area contributed by atoms with Crippen LogP contribution in [0.15, 0.2) is 77.7 Å². The zero-order chi connectivity index (χ0) is 21.8. The van der Waals surface area contributed by atoms with Crippen molar-refractivity contribution in [3.8, 4) is 11.5 Å². The first-order chi connectivity index (χ1) is 14.9. The summed E-state index contributed by atoms with van der Waals surface area (Å²) in [5, 5.41) is 2.90. The molecule has 1 aliphatic heterocycles. The molecule has 4 rings (SSSR count). The van der Waals surface area contributed by atoms with Crippen molar-refractivity contribution in [2.24, 2.45) is 0 Å². The van der Waals surface area contributed by atoms with Crippen molar-refractivity contribution in [1.29, 1.82) is 0 Å². The number of sulfone groups is 1. The molecule has 0 bridgehead atoms. The van der Waals surface area contributed by atoms with Crippen LogP contribution < -0.4 is 10.1 Å². The van der Waals surface area contributed by atoms with Crippen molar-refractivity contribution in [3.63, 3.8) is 0 Å². The van der Waals surface area contributed by atoms with Gasteiger partial charge in [-0.2, -0.15) is 0 Å². The summed E-state index contributed by atoms with van der Waals surface area (Å²) in [7, 11) is -2.96. The molecule has 0 radical (unpaired) electrons. The number of anilines is 1. The lowest BCUT2D eigenvalue weighted by Crippen LogP contribution is -2.14. The second-order valence-electron chi connectivity index (χ2n) is 7.53. The second-order valence-corrected chi connectivity index (χ2v) is 11.1. The Morgan fingerprint density at radius 3 is 2.26 bits per heavy atom. The van der Waals surface area contributed by atoms with Crippen LogP contribution in [-0.2, 0) is 9.84 Å². The fourth-order valence-corrected chi connectivity index (χ4v) is 6.96. The molecular weight excluding hydrogens is 430 g/mol. The highest BCUT2D eigenvalue weighted by molar-refractivity contribution is 8.02. The number of rotatable bonds is 6. The van der Waals surface area contributed by atoms with Crippen LogP contribution in [0, 0.1) is 6.92 Å². The van der Waals surface area contributed by atoms with Gasteiger partial charge in [0.05, 0.1) is 17.1 Å². The number of carbonyl (C=O) groups is 1. The fourth-order valence-electron chi connectivity index (χ4n) is 3.34. The van der Waals surface area contributed by atoms with Gasteiger partial charge in [0.1, 0.15) is 11.5 Å². The van der Waals surface area contributed by atoms with Gasteiger partial charge in [0, 0.05) is 15.8 Å². The quantitative estimate of drug-likeness (QED) is 0.547. The van der Waals surface area contributed by atoms with Crippen molar-refractivity contribution in [2.45, 2.75) is 23.5 Å². The molecule has 1 saturated heterocycles. The summed E-state index contributed by atoms with van der Waals surface area (Å²) in [6.07, 6.45) is 0.616. The number of aryl methyl sites for hydroxylation is 1. The molecular formula is C24H23NO4S2. The average molecular weight is 454 g/mol. The molecule has 0 unspecified atom stereocenters. The minimum absolute atomic E-state index is 0.0165. The number of nitrogens with one attached hydrogen (secondary N) is 1. The minimum atomic E-state index is -2.96. The lowest BCUT2D eigenvalue weighted by molar-refractivity contribution is 0.102. The summed E-state index contributed by atoms with van der Waals surface area (Å²) < 4.78 is 29.3. The number of thioether (sulfide) groups is 1. The summed E-state index contributed by atoms with van der Waals surface area (Å²) in [4.78, 5) is 13.7. The third-order valence-electron chi connectivity index (χ3n) is 4.98. The Hall–Kier alpha value is -2.77. The maximum absolute atomic E-state index is 12.9. The Morgan fingerprint density at radius 2 is 1.61 bits per heavy atom. The predicted octanol–water partition coefficient (Wildman–Crippen LogP) is 5.32. The average Bonchev–Trinajstić information content (AvgIpc) is 3.09. The number of amides is 1. The molecule has 1 amide bonds. The van der Waals surface area contributed by atoms with E-state index in [0.717, 1.165) is 10.6 Å². The third-order valence-corrected chi connectivity index (χ3v) is 8.31. The van der Waals surface area contributed by atoms with E-state index >= 15 is 0 Å². The van der Waals surface area contributed by atoms with Crippen LogP contribution in [0.4, 0.5) is 5.69 Å². The lowest BCUT2D eigenvalue weighted by Gasteiger charge is -2.13. The van der Waals surface area contributed by atoms with E-state index in [9.17, 15) is 13.2 Å². The molecule has 1 fully saturated rings. The molecule has 7 heteroatoms. The summed E-state index contributed by atoms with van der Waals surface area (Å²) in [6.45, 7) is 2.02. The Balaban J connectivity index is 1.42. The second kappa shape index (κ2) is 9.16. The molecule has 31 heavy (non-hydrogen) atoms. The van der Waals surface area contributed by atoms with Gasteiger partial charge in [-0.15, -0.1) is 11.8 Å². The first kappa shape index (κ1) is 21.5. The number of carbonyl (C=O) groups excluding carboxylic acids is 1. The first-order valence-electron chi connectivity index (χ1n) is 10.00.